The van der Waals surface area contributed by atoms with Crippen molar-refractivity contribution in [3.63, 3.8) is 0 Å². The summed E-state index contributed by atoms with van der Waals surface area (Å²) in [5.74, 6) is -0.148. The lowest BCUT2D eigenvalue weighted by Crippen LogP contribution is -2.50. The summed E-state index contributed by atoms with van der Waals surface area (Å²) in [6.45, 7) is 5.70. The van der Waals surface area contributed by atoms with Gasteiger partial charge in [0, 0.05) is 25.6 Å². The lowest BCUT2D eigenvalue weighted by Gasteiger charge is -2.40. The third-order valence-corrected chi connectivity index (χ3v) is 5.39. The van der Waals surface area contributed by atoms with Gasteiger partial charge in [-0.1, -0.05) is 0 Å². The van der Waals surface area contributed by atoms with Crippen LogP contribution in [0.5, 0.6) is 0 Å². The van der Waals surface area contributed by atoms with Gasteiger partial charge in [0.15, 0.2) is 0 Å². The Balaban J connectivity index is 1.84. The first kappa shape index (κ1) is 23.0. The molecule has 2 aliphatic heterocycles. The van der Waals surface area contributed by atoms with E-state index in [-0.39, 0.29) is 37.3 Å². The van der Waals surface area contributed by atoms with Gasteiger partial charge in [0.25, 0.3) is 0 Å². The quantitative estimate of drug-likeness (QED) is 0.476. The van der Waals surface area contributed by atoms with Crippen LogP contribution < -0.4 is 0 Å². The molecule has 0 spiro atoms. The molecule has 8 heteroatoms. The molecule has 0 aromatic rings. The second kappa shape index (κ2) is 11.6. The van der Waals surface area contributed by atoms with Crippen molar-refractivity contribution in [1.82, 2.24) is 0 Å². The van der Waals surface area contributed by atoms with Crippen molar-refractivity contribution in [3.05, 3.63) is 0 Å². The molecule has 2 heterocycles. The minimum absolute atomic E-state index is 0.0235. The van der Waals surface area contributed by atoms with Crippen molar-refractivity contribution in [1.29, 1.82) is 0 Å². The largest absolute Gasteiger partial charge is 0.394 e. The van der Waals surface area contributed by atoms with Crippen LogP contribution in [-0.2, 0) is 23.7 Å². The number of hydrogen-bond donors (Lipinski definition) is 3. The van der Waals surface area contributed by atoms with Crippen molar-refractivity contribution in [2.75, 3.05) is 46.8 Å². The second-order valence-corrected chi connectivity index (χ2v) is 7.59. The number of hydrogen-bond acceptors (Lipinski definition) is 8. The molecule has 0 amide bonds. The van der Waals surface area contributed by atoms with Crippen molar-refractivity contribution in [3.8, 4) is 0 Å². The molecule has 8 nitrogen and oxygen atoms in total. The van der Waals surface area contributed by atoms with E-state index in [1.165, 1.54) is 0 Å². The zero-order valence-corrected chi connectivity index (χ0v) is 16.7. The Hall–Kier alpha value is -0.320. The predicted molar refractivity (Wildman–Crippen MR) is 97.5 cm³/mol. The molecule has 2 fully saturated rings. The Labute approximate surface area is 161 Å². The van der Waals surface area contributed by atoms with E-state index in [9.17, 15) is 15.3 Å². The zero-order valence-electron chi connectivity index (χ0n) is 16.7. The third kappa shape index (κ3) is 6.61. The van der Waals surface area contributed by atoms with E-state index in [0.29, 0.717) is 32.8 Å². The number of ether oxygens (including phenoxy) is 5. The standard InChI is InChI=1S/C19H36O8/c1-4-24-10-15-6-14(18(21)16(7-20)27-15)9-25-11-17-19(22)13(8-23-3)5-12(2)26-17/h12-22H,4-11H2,1-3H3/t12?,13-,14-,15+,16?,17-,18-,19?/m1/s1. The molecule has 0 aliphatic carbocycles. The van der Waals surface area contributed by atoms with Gasteiger partial charge in [0.05, 0.1) is 57.5 Å². The fourth-order valence-corrected chi connectivity index (χ4v) is 4.00. The maximum Gasteiger partial charge on any atom is 0.107 e. The Kier molecular flexibility index (Phi) is 9.89. The van der Waals surface area contributed by atoms with E-state index in [4.69, 9.17) is 23.7 Å². The number of methoxy groups -OCH3 is 1. The Morgan fingerprint density at radius 2 is 1.59 bits per heavy atom. The van der Waals surface area contributed by atoms with Crippen LogP contribution in [0.4, 0.5) is 0 Å². The van der Waals surface area contributed by atoms with Gasteiger partial charge in [-0.2, -0.15) is 0 Å². The molecular weight excluding hydrogens is 356 g/mol. The van der Waals surface area contributed by atoms with E-state index < -0.39 is 24.4 Å². The minimum atomic E-state index is -0.801. The van der Waals surface area contributed by atoms with Crippen molar-refractivity contribution >= 4 is 0 Å². The first-order valence-corrected chi connectivity index (χ1v) is 9.92. The molecule has 0 aromatic heterocycles. The highest BCUT2D eigenvalue weighted by atomic mass is 16.6. The summed E-state index contributed by atoms with van der Waals surface area (Å²) in [7, 11) is 1.63. The minimum Gasteiger partial charge on any atom is -0.394 e. The molecule has 0 saturated carbocycles. The molecule has 2 rings (SSSR count). The highest BCUT2D eigenvalue weighted by Gasteiger charge is 2.39. The fourth-order valence-electron chi connectivity index (χ4n) is 4.00. The Bertz CT molecular complexity index is 409. The summed E-state index contributed by atoms with van der Waals surface area (Å²) >= 11 is 0. The molecule has 2 aliphatic rings. The molecule has 160 valence electrons. The topological polar surface area (TPSA) is 107 Å². The average Bonchev–Trinajstić information content (AvgIpc) is 2.65. The zero-order chi connectivity index (χ0) is 19.8. The number of aliphatic hydroxyl groups is 3. The van der Waals surface area contributed by atoms with Gasteiger partial charge in [-0.15, -0.1) is 0 Å². The van der Waals surface area contributed by atoms with E-state index in [1.807, 2.05) is 13.8 Å². The predicted octanol–water partition coefficient (Wildman–Crippen LogP) is -0.0327. The summed E-state index contributed by atoms with van der Waals surface area (Å²) in [4.78, 5) is 0. The summed E-state index contributed by atoms with van der Waals surface area (Å²) in [6, 6.07) is 0. The van der Waals surface area contributed by atoms with Crippen LogP contribution in [0.3, 0.4) is 0 Å². The molecule has 0 aromatic carbocycles. The van der Waals surface area contributed by atoms with Crippen LogP contribution in [0.15, 0.2) is 0 Å². The number of rotatable bonds is 10. The van der Waals surface area contributed by atoms with E-state index >= 15 is 0 Å². The van der Waals surface area contributed by atoms with Gasteiger partial charge in [0.2, 0.25) is 0 Å². The molecule has 3 unspecified atom stereocenters. The Morgan fingerprint density at radius 3 is 2.26 bits per heavy atom. The van der Waals surface area contributed by atoms with E-state index in [2.05, 4.69) is 0 Å². The van der Waals surface area contributed by atoms with Crippen LogP contribution >= 0.6 is 0 Å². The molecule has 0 radical (unpaired) electrons. The van der Waals surface area contributed by atoms with Gasteiger partial charge in [0.1, 0.15) is 12.2 Å². The maximum absolute atomic E-state index is 10.5. The highest BCUT2D eigenvalue weighted by Crippen LogP contribution is 2.28. The third-order valence-electron chi connectivity index (χ3n) is 5.39. The molecule has 3 N–H and O–H groups in total. The first-order valence-electron chi connectivity index (χ1n) is 9.92. The molecule has 8 atom stereocenters. The molecule has 27 heavy (non-hydrogen) atoms. The van der Waals surface area contributed by atoms with Crippen molar-refractivity contribution in [2.45, 2.75) is 63.3 Å². The summed E-state index contributed by atoms with van der Waals surface area (Å²) < 4.78 is 27.9. The van der Waals surface area contributed by atoms with Gasteiger partial charge in [-0.25, -0.2) is 0 Å². The first-order chi connectivity index (χ1) is 13.0. The van der Waals surface area contributed by atoms with Crippen LogP contribution in [0.1, 0.15) is 26.7 Å². The Morgan fingerprint density at radius 1 is 0.889 bits per heavy atom. The average molecular weight is 392 g/mol. The van der Waals surface area contributed by atoms with E-state index in [0.717, 1.165) is 6.42 Å². The van der Waals surface area contributed by atoms with E-state index in [1.54, 1.807) is 7.11 Å². The SMILES string of the molecule is CCOC[C@@H]1C[C@H](COC[C@H]2OC(C)C[C@H](COC)C2O)[C@@H](O)C(CO)O1. The normalized spacial score (nSPS) is 40.2. The van der Waals surface area contributed by atoms with Crippen molar-refractivity contribution < 1.29 is 39.0 Å². The van der Waals surface area contributed by atoms with Crippen LogP contribution in [-0.4, -0.2) is 98.7 Å². The summed E-state index contributed by atoms with van der Waals surface area (Å²) in [5, 5.41) is 30.4. The van der Waals surface area contributed by atoms with Crippen molar-refractivity contribution in [2.24, 2.45) is 11.8 Å². The van der Waals surface area contributed by atoms with Gasteiger partial charge in [-0.05, 0) is 26.7 Å². The molecule has 2 saturated heterocycles. The lowest BCUT2D eigenvalue weighted by atomic mass is 9.89. The fraction of sp³-hybridized carbons (Fsp3) is 1.00. The number of aliphatic hydroxyl groups excluding tert-OH is 3. The van der Waals surface area contributed by atoms with Gasteiger partial charge >= 0.3 is 0 Å². The molecule has 0 bridgehead atoms. The van der Waals surface area contributed by atoms with Gasteiger partial charge < -0.3 is 39.0 Å². The second-order valence-electron chi connectivity index (χ2n) is 7.59. The van der Waals surface area contributed by atoms with Gasteiger partial charge in [-0.3, -0.25) is 0 Å². The van der Waals surface area contributed by atoms with Crippen LogP contribution in [0, 0.1) is 11.8 Å². The molecular formula is C19H36O8. The summed E-state index contributed by atoms with van der Waals surface area (Å²) in [6.07, 6.45) is -1.30. The van der Waals surface area contributed by atoms with Crippen LogP contribution in [0.2, 0.25) is 0 Å². The highest BCUT2D eigenvalue weighted by molar-refractivity contribution is 4.87. The maximum atomic E-state index is 10.5. The van der Waals surface area contributed by atoms with Crippen LogP contribution in [0.25, 0.3) is 0 Å². The summed E-state index contributed by atoms with van der Waals surface area (Å²) in [5.41, 5.74) is 0. The lowest BCUT2D eigenvalue weighted by molar-refractivity contribution is -0.193. The monoisotopic (exact) mass is 392 g/mol. The smallest absolute Gasteiger partial charge is 0.107 e.